The normalized spacial score (nSPS) is 16.9. The number of fused-ring (bicyclic) bond motifs is 1. The second-order valence-corrected chi connectivity index (χ2v) is 8.12. The molecule has 4 rings (SSSR count). The van der Waals surface area contributed by atoms with E-state index in [-0.39, 0.29) is 12.6 Å². The number of likely N-dealkylation sites (tertiary alicyclic amines) is 1. The summed E-state index contributed by atoms with van der Waals surface area (Å²) >= 11 is 1.69. The molecule has 3 aromatic rings. The molecule has 0 saturated carbocycles. The molecule has 0 aliphatic carbocycles. The number of hydrogen-bond acceptors (Lipinski definition) is 4. The minimum absolute atomic E-state index is 0.245. The van der Waals surface area contributed by atoms with Crippen molar-refractivity contribution in [2.24, 2.45) is 5.92 Å². The van der Waals surface area contributed by atoms with Crippen LogP contribution in [-0.4, -0.2) is 40.1 Å². The summed E-state index contributed by atoms with van der Waals surface area (Å²) in [6, 6.07) is 15.6. The van der Waals surface area contributed by atoms with E-state index in [9.17, 15) is 9.59 Å². The van der Waals surface area contributed by atoms with Gasteiger partial charge < -0.3 is 15.3 Å². The minimum atomic E-state index is -0.836. The molecule has 2 N–H and O–H groups in total. The highest BCUT2D eigenvalue weighted by Gasteiger charge is 2.28. The number of aromatic nitrogens is 1. The van der Waals surface area contributed by atoms with Crippen molar-refractivity contribution in [2.45, 2.75) is 19.3 Å². The lowest BCUT2D eigenvalue weighted by atomic mass is 9.99. The van der Waals surface area contributed by atoms with Crippen molar-refractivity contribution in [3.05, 3.63) is 59.1 Å². The van der Waals surface area contributed by atoms with Crippen LogP contribution in [0, 0.1) is 5.92 Å². The smallest absolute Gasteiger partial charge is 0.321 e. The van der Waals surface area contributed by atoms with Gasteiger partial charge in [-0.05, 0) is 42.7 Å². The van der Waals surface area contributed by atoms with E-state index in [1.165, 1.54) is 4.70 Å². The topological polar surface area (TPSA) is 82.5 Å². The lowest BCUT2D eigenvalue weighted by Gasteiger charge is -2.30. The number of piperidine rings is 1. The number of nitrogens with one attached hydrogen (secondary N) is 1. The van der Waals surface area contributed by atoms with Gasteiger partial charge in [-0.1, -0.05) is 24.3 Å². The third-order valence-electron chi connectivity index (χ3n) is 4.96. The summed E-state index contributed by atoms with van der Waals surface area (Å²) in [5.74, 6) is -1.31. The number of thiazole rings is 1. The number of amides is 2. The molecule has 1 aromatic heterocycles. The number of urea groups is 1. The highest BCUT2D eigenvalue weighted by atomic mass is 32.1. The molecule has 6 nitrogen and oxygen atoms in total. The van der Waals surface area contributed by atoms with E-state index in [2.05, 4.69) is 16.4 Å². The number of hydrogen-bond donors (Lipinski definition) is 2. The van der Waals surface area contributed by atoms with Crippen molar-refractivity contribution >= 4 is 39.2 Å². The quantitative estimate of drug-likeness (QED) is 0.693. The van der Waals surface area contributed by atoms with Gasteiger partial charge in [-0.3, -0.25) is 4.79 Å². The summed E-state index contributed by atoms with van der Waals surface area (Å²) < 4.78 is 1.18. The Bertz CT molecular complexity index is 967. The second kappa shape index (κ2) is 7.98. The monoisotopic (exact) mass is 395 g/mol. The van der Waals surface area contributed by atoms with Crippen LogP contribution in [0.15, 0.2) is 48.5 Å². The Hall–Kier alpha value is -2.93. The van der Waals surface area contributed by atoms with Gasteiger partial charge in [0.1, 0.15) is 0 Å². The predicted molar refractivity (Wildman–Crippen MR) is 110 cm³/mol. The average molecular weight is 395 g/mol. The Kier molecular flexibility index (Phi) is 5.25. The molecular formula is C21H21N3O3S. The first-order valence-electron chi connectivity index (χ1n) is 9.30. The number of carboxylic acid groups (broad SMARTS) is 1. The molecule has 2 amide bonds. The van der Waals surface area contributed by atoms with Gasteiger partial charge in [0.2, 0.25) is 0 Å². The van der Waals surface area contributed by atoms with E-state index in [0.717, 1.165) is 22.5 Å². The Morgan fingerprint density at radius 3 is 2.71 bits per heavy atom. The van der Waals surface area contributed by atoms with Gasteiger partial charge in [0.05, 0.1) is 21.1 Å². The van der Waals surface area contributed by atoms with Crippen LogP contribution in [0.1, 0.15) is 23.4 Å². The summed E-state index contributed by atoms with van der Waals surface area (Å²) in [5.41, 5.74) is 2.85. The highest BCUT2D eigenvalue weighted by molar-refractivity contribution is 7.18. The van der Waals surface area contributed by atoms with E-state index in [0.29, 0.717) is 25.1 Å². The van der Waals surface area contributed by atoms with E-state index in [1.54, 1.807) is 16.2 Å². The molecule has 28 heavy (non-hydrogen) atoms. The Morgan fingerprint density at radius 1 is 1.18 bits per heavy atom. The van der Waals surface area contributed by atoms with Crippen LogP contribution >= 0.6 is 11.3 Å². The summed E-state index contributed by atoms with van der Waals surface area (Å²) in [7, 11) is 0. The first-order chi connectivity index (χ1) is 13.6. The summed E-state index contributed by atoms with van der Waals surface area (Å²) in [4.78, 5) is 29.8. The van der Waals surface area contributed by atoms with E-state index in [1.807, 2.05) is 42.5 Å². The predicted octanol–water partition coefficient (Wildman–Crippen LogP) is 4.22. The van der Waals surface area contributed by atoms with Gasteiger partial charge in [-0.15, -0.1) is 11.3 Å². The molecule has 2 aromatic carbocycles. The van der Waals surface area contributed by atoms with Crippen LogP contribution in [0.3, 0.4) is 0 Å². The zero-order valence-electron chi connectivity index (χ0n) is 15.3. The van der Waals surface area contributed by atoms with Crippen molar-refractivity contribution in [1.82, 2.24) is 9.88 Å². The molecule has 0 radical (unpaired) electrons. The number of carbonyl (C=O) groups is 2. The number of nitrogens with zero attached hydrogens (tertiary/aromatic N) is 2. The Labute approximate surface area is 166 Å². The molecule has 0 bridgehead atoms. The third-order valence-corrected chi connectivity index (χ3v) is 5.99. The fourth-order valence-corrected chi connectivity index (χ4v) is 4.44. The molecule has 1 fully saturated rings. The maximum absolute atomic E-state index is 12.4. The van der Waals surface area contributed by atoms with Gasteiger partial charge in [-0.2, -0.15) is 0 Å². The number of carbonyl (C=O) groups excluding carboxylic acids is 1. The van der Waals surface area contributed by atoms with Crippen molar-refractivity contribution in [2.75, 3.05) is 18.4 Å². The zero-order valence-corrected chi connectivity index (χ0v) is 16.1. The van der Waals surface area contributed by atoms with Crippen LogP contribution in [0.4, 0.5) is 10.5 Å². The largest absolute Gasteiger partial charge is 0.481 e. The van der Waals surface area contributed by atoms with Crippen molar-refractivity contribution in [3.8, 4) is 0 Å². The zero-order chi connectivity index (χ0) is 19.5. The van der Waals surface area contributed by atoms with Crippen molar-refractivity contribution in [3.63, 3.8) is 0 Å². The number of benzene rings is 2. The van der Waals surface area contributed by atoms with E-state index >= 15 is 0 Å². The average Bonchev–Trinajstić information content (AvgIpc) is 3.12. The van der Waals surface area contributed by atoms with Gasteiger partial charge >= 0.3 is 12.0 Å². The molecule has 1 aliphatic heterocycles. The number of carboxylic acids is 1. The van der Waals surface area contributed by atoms with Gasteiger partial charge in [0.15, 0.2) is 0 Å². The molecule has 0 spiro atoms. The van der Waals surface area contributed by atoms with Crippen molar-refractivity contribution in [1.29, 1.82) is 0 Å². The van der Waals surface area contributed by atoms with Crippen LogP contribution in [0.25, 0.3) is 10.2 Å². The van der Waals surface area contributed by atoms with E-state index in [4.69, 9.17) is 5.11 Å². The van der Waals surface area contributed by atoms with E-state index < -0.39 is 11.9 Å². The maximum atomic E-state index is 12.4. The van der Waals surface area contributed by atoms with Gasteiger partial charge in [-0.25, -0.2) is 9.78 Å². The molecule has 2 heterocycles. The summed E-state index contributed by atoms with van der Waals surface area (Å²) in [6.07, 6.45) is 2.09. The number of aliphatic carboxylic acids is 1. The van der Waals surface area contributed by atoms with Crippen LogP contribution in [-0.2, 0) is 11.2 Å². The lowest BCUT2D eigenvalue weighted by Crippen LogP contribution is -2.44. The Balaban J connectivity index is 1.37. The number of anilines is 1. The molecule has 144 valence electrons. The molecule has 7 heteroatoms. The fraction of sp³-hybridized carbons (Fsp3) is 0.286. The standard InChI is InChI=1S/C21H21N3O3S/c25-20(26)15-4-3-11-24(13-15)21(27)22-16-9-7-14(8-10-16)12-19-23-17-5-1-2-6-18(17)28-19/h1-2,5-10,15H,3-4,11-13H2,(H,22,27)(H,25,26). The van der Waals surface area contributed by atoms with Gasteiger partial charge in [0.25, 0.3) is 0 Å². The Morgan fingerprint density at radius 2 is 1.96 bits per heavy atom. The molecule has 1 unspecified atom stereocenters. The molecule has 1 aliphatic rings. The van der Waals surface area contributed by atoms with Gasteiger partial charge in [0, 0.05) is 25.2 Å². The maximum Gasteiger partial charge on any atom is 0.321 e. The first kappa shape index (κ1) is 18.4. The molecular weight excluding hydrogens is 374 g/mol. The fourth-order valence-electron chi connectivity index (χ4n) is 3.44. The number of para-hydroxylation sites is 1. The molecule has 1 saturated heterocycles. The van der Waals surface area contributed by atoms with Crippen molar-refractivity contribution < 1.29 is 14.7 Å². The third kappa shape index (κ3) is 4.14. The minimum Gasteiger partial charge on any atom is -0.481 e. The number of rotatable bonds is 4. The van der Waals surface area contributed by atoms with Crippen LogP contribution < -0.4 is 5.32 Å². The summed E-state index contributed by atoms with van der Waals surface area (Å²) in [5, 5.41) is 13.1. The molecule has 1 atom stereocenters. The SMILES string of the molecule is O=C(O)C1CCCN(C(=O)Nc2ccc(Cc3nc4ccccc4s3)cc2)C1. The lowest BCUT2D eigenvalue weighted by molar-refractivity contribution is -0.143. The highest BCUT2D eigenvalue weighted by Crippen LogP contribution is 2.24. The van der Waals surface area contributed by atoms with Crippen LogP contribution in [0.2, 0.25) is 0 Å². The summed E-state index contributed by atoms with van der Waals surface area (Å²) in [6.45, 7) is 0.849. The second-order valence-electron chi connectivity index (χ2n) is 7.00. The first-order valence-corrected chi connectivity index (χ1v) is 10.1. The van der Waals surface area contributed by atoms with Crippen LogP contribution in [0.5, 0.6) is 0 Å².